The molecule has 0 saturated carbocycles. The molecule has 0 aliphatic carbocycles. The number of anilines is 3. The first kappa shape index (κ1) is 28.8. The van der Waals surface area contributed by atoms with Gasteiger partial charge in [0.2, 0.25) is 0 Å². The zero-order valence-electron chi connectivity index (χ0n) is 27.3. The Balaban J connectivity index is 1.24. The second-order valence-corrected chi connectivity index (χ2v) is 13.9. The third-order valence-corrected chi connectivity index (χ3v) is 11.2. The van der Waals surface area contributed by atoms with Gasteiger partial charge in [0.1, 0.15) is 0 Å². The van der Waals surface area contributed by atoms with E-state index in [9.17, 15) is 0 Å². The highest BCUT2D eigenvalue weighted by Gasteiger charge is 2.23. The summed E-state index contributed by atoms with van der Waals surface area (Å²) in [6, 6.07) is 68.7. The monoisotopic (exact) mass is 653 g/mol. The molecule has 0 bridgehead atoms. The van der Waals surface area contributed by atoms with E-state index in [2.05, 4.69) is 193 Å². The zero-order valence-corrected chi connectivity index (χ0v) is 28.1. The predicted octanol–water partition coefficient (Wildman–Crippen LogP) is 14.3. The second kappa shape index (κ2) is 11.7. The molecule has 0 aliphatic rings. The lowest BCUT2D eigenvalue weighted by Gasteiger charge is -2.29. The Bertz CT molecular complexity index is 2870. The van der Waals surface area contributed by atoms with Gasteiger partial charge in [-0.15, -0.1) is 11.3 Å². The summed E-state index contributed by atoms with van der Waals surface area (Å²) in [6.07, 6.45) is 0. The highest BCUT2D eigenvalue weighted by Crippen LogP contribution is 2.50. The van der Waals surface area contributed by atoms with Gasteiger partial charge in [-0.05, 0) is 85.4 Å². The lowest BCUT2D eigenvalue weighted by Crippen LogP contribution is -2.11. The van der Waals surface area contributed by atoms with Crippen molar-refractivity contribution >= 4 is 80.9 Å². The Morgan fingerprint density at radius 1 is 0.360 bits per heavy atom. The molecule has 0 atom stereocenters. The zero-order chi connectivity index (χ0) is 33.0. The van der Waals surface area contributed by atoms with Gasteiger partial charge in [-0.2, -0.15) is 0 Å². The molecule has 0 unspecified atom stereocenters. The van der Waals surface area contributed by atoms with E-state index in [1.165, 1.54) is 80.4 Å². The van der Waals surface area contributed by atoms with E-state index in [4.69, 9.17) is 0 Å². The summed E-state index contributed by atoms with van der Waals surface area (Å²) in [5.41, 5.74) is 8.30. The first-order valence-electron chi connectivity index (χ1n) is 17.1. The molecule has 0 spiro atoms. The molecule has 234 valence electrons. The maximum Gasteiger partial charge on any atom is 0.0647 e. The topological polar surface area (TPSA) is 3.24 Å². The number of nitrogens with zero attached hydrogens (tertiary/aromatic N) is 1. The number of rotatable bonds is 5. The Kier molecular flexibility index (Phi) is 6.75. The van der Waals surface area contributed by atoms with Crippen molar-refractivity contribution in [2.45, 2.75) is 0 Å². The van der Waals surface area contributed by atoms with Gasteiger partial charge < -0.3 is 4.90 Å². The first-order chi connectivity index (χ1) is 24.8. The van der Waals surface area contributed by atoms with E-state index in [-0.39, 0.29) is 0 Å². The summed E-state index contributed by atoms with van der Waals surface area (Å²) in [5, 5.41) is 10.3. The molecule has 2 heteroatoms. The normalized spacial score (nSPS) is 11.6. The lowest BCUT2D eigenvalue weighted by molar-refractivity contribution is 1.30. The summed E-state index contributed by atoms with van der Waals surface area (Å²) in [7, 11) is 0. The summed E-state index contributed by atoms with van der Waals surface area (Å²) in [6.45, 7) is 0. The Morgan fingerprint density at radius 3 is 1.74 bits per heavy atom. The van der Waals surface area contributed by atoms with Crippen molar-refractivity contribution in [2.24, 2.45) is 0 Å². The fraction of sp³-hybridized carbons (Fsp3) is 0. The van der Waals surface area contributed by atoms with Crippen LogP contribution in [0.25, 0.3) is 74.7 Å². The van der Waals surface area contributed by atoms with Crippen LogP contribution in [0, 0.1) is 0 Å². The number of hydrogen-bond donors (Lipinski definition) is 0. The summed E-state index contributed by atoms with van der Waals surface area (Å²) in [4.78, 5) is 2.48. The van der Waals surface area contributed by atoms with Gasteiger partial charge in [0.25, 0.3) is 0 Å². The van der Waals surface area contributed by atoms with E-state index in [0.717, 1.165) is 11.4 Å². The van der Waals surface area contributed by atoms with Crippen molar-refractivity contribution < 1.29 is 0 Å². The molecule has 0 N–H and O–H groups in total. The van der Waals surface area contributed by atoms with Crippen LogP contribution in [-0.4, -0.2) is 0 Å². The first-order valence-corrected chi connectivity index (χ1v) is 17.9. The van der Waals surface area contributed by atoms with Crippen molar-refractivity contribution in [2.75, 3.05) is 4.90 Å². The maximum atomic E-state index is 2.48. The van der Waals surface area contributed by atoms with Crippen molar-refractivity contribution in [3.05, 3.63) is 188 Å². The predicted molar refractivity (Wildman–Crippen MR) is 217 cm³/mol. The van der Waals surface area contributed by atoms with Gasteiger partial charge in [-0.1, -0.05) is 152 Å². The van der Waals surface area contributed by atoms with Crippen molar-refractivity contribution in [1.82, 2.24) is 0 Å². The van der Waals surface area contributed by atoms with Crippen LogP contribution in [0.5, 0.6) is 0 Å². The maximum absolute atomic E-state index is 2.48. The van der Waals surface area contributed by atoms with Crippen LogP contribution in [0.1, 0.15) is 0 Å². The number of para-hydroxylation sites is 1. The molecule has 10 aromatic rings. The highest BCUT2D eigenvalue weighted by molar-refractivity contribution is 7.26. The molecular weight excluding hydrogens is 623 g/mol. The van der Waals surface area contributed by atoms with Crippen molar-refractivity contribution in [3.63, 3.8) is 0 Å². The second-order valence-electron chi connectivity index (χ2n) is 12.9. The van der Waals surface area contributed by atoms with Crippen molar-refractivity contribution in [1.29, 1.82) is 0 Å². The SMILES string of the molecule is c1ccc(-c2ccccc2N(c2ccc(-c3cc4ccccc4c4ccccc34)cc2)c2cc3ccccc3c3c2sc2ccccc23)cc1. The molecule has 0 amide bonds. The third-order valence-electron chi connectivity index (χ3n) is 10.0. The van der Waals surface area contributed by atoms with Crippen LogP contribution in [0.2, 0.25) is 0 Å². The fourth-order valence-electron chi connectivity index (χ4n) is 7.74. The van der Waals surface area contributed by atoms with E-state index in [0.29, 0.717) is 0 Å². The van der Waals surface area contributed by atoms with Crippen LogP contribution in [-0.2, 0) is 0 Å². The molecule has 9 aromatic carbocycles. The van der Waals surface area contributed by atoms with E-state index in [1.807, 2.05) is 11.3 Å². The average molecular weight is 654 g/mol. The number of thiophene rings is 1. The lowest BCUT2D eigenvalue weighted by atomic mass is 9.93. The van der Waals surface area contributed by atoms with Crippen LogP contribution in [0.3, 0.4) is 0 Å². The summed E-state index contributed by atoms with van der Waals surface area (Å²) in [5.74, 6) is 0. The number of fused-ring (bicyclic) bond motifs is 8. The van der Waals surface area contributed by atoms with Gasteiger partial charge in [-0.25, -0.2) is 0 Å². The quantitative estimate of drug-likeness (QED) is 0.167. The standard InChI is InChI=1S/C48H31NS/c1-2-14-32(15-3-1)38-19-10-12-24-44(38)49(45-31-35-17-5-7-20-39(35)47-42-23-11-13-25-46(42)50-48(45)47)36-28-26-33(27-29-36)43-30-34-16-4-6-18-37(34)40-21-8-9-22-41(40)43/h1-31H. The Morgan fingerprint density at radius 2 is 0.940 bits per heavy atom. The summed E-state index contributed by atoms with van der Waals surface area (Å²) >= 11 is 1.88. The smallest absolute Gasteiger partial charge is 0.0647 e. The molecular formula is C48H31NS. The highest BCUT2D eigenvalue weighted by atomic mass is 32.1. The van der Waals surface area contributed by atoms with E-state index < -0.39 is 0 Å². The van der Waals surface area contributed by atoms with Gasteiger partial charge in [-0.3, -0.25) is 0 Å². The molecule has 0 saturated heterocycles. The minimum Gasteiger partial charge on any atom is -0.308 e. The Hall–Kier alpha value is -6.22. The molecule has 0 radical (unpaired) electrons. The molecule has 50 heavy (non-hydrogen) atoms. The van der Waals surface area contributed by atoms with Gasteiger partial charge in [0.05, 0.1) is 16.1 Å². The minimum atomic E-state index is 1.12. The van der Waals surface area contributed by atoms with Crippen LogP contribution >= 0.6 is 11.3 Å². The fourth-order valence-corrected chi connectivity index (χ4v) is 8.97. The third kappa shape index (κ3) is 4.61. The van der Waals surface area contributed by atoms with Crippen molar-refractivity contribution in [3.8, 4) is 22.3 Å². The molecule has 1 nitrogen and oxygen atoms in total. The summed E-state index contributed by atoms with van der Waals surface area (Å²) < 4.78 is 2.59. The molecule has 0 aliphatic heterocycles. The molecule has 0 fully saturated rings. The molecule has 1 aromatic heterocycles. The molecule has 1 heterocycles. The Labute approximate surface area is 294 Å². The van der Waals surface area contributed by atoms with E-state index >= 15 is 0 Å². The number of benzene rings is 9. The van der Waals surface area contributed by atoms with Crippen LogP contribution < -0.4 is 4.90 Å². The largest absolute Gasteiger partial charge is 0.308 e. The molecule has 10 rings (SSSR count). The number of hydrogen-bond acceptors (Lipinski definition) is 2. The van der Waals surface area contributed by atoms with E-state index in [1.54, 1.807) is 0 Å². The van der Waals surface area contributed by atoms with Gasteiger partial charge in [0, 0.05) is 26.7 Å². The van der Waals surface area contributed by atoms with Gasteiger partial charge in [0.15, 0.2) is 0 Å². The van der Waals surface area contributed by atoms with Gasteiger partial charge >= 0.3 is 0 Å². The average Bonchev–Trinajstić information content (AvgIpc) is 3.59. The van der Waals surface area contributed by atoms with Crippen LogP contribution in [0.15, 0.2) is 188 Å². The minimum absolute atomic E-state index is 1.12. The van der Waals surface area contributed by atoms with Crippen LogP contribution in [0.4, 0.5) is 17.1 Å².